The summed E-state index contributed by atoms with van der Waals surface area (Å²) in [6.07, 6.45) is 4.36. The van der Waals surface area contributed by atoms with Crippen LogP contribution in [0.25, 0.3) is 0 Å². The van der Waals surface area contributed by atoms with Crippen LogP contribution in [0, 0.1) is 0 Å². The first kappa shape index (κ1) is 18.6. The monoisotopic (exact) mass is 286 g/mol. The molecule has 0 aliphatic rings. The van der Waals surface area contributed by atoms with Crippen molar-refractivity contribution in [2.45, 2.75) is 78.4 Å². The molecular formula is C15H26O5. The first-order valence-electron chi connectivity index (χ1n) is 7.40. The third-order valence-corrected chi connectivity index (χ3v) is 2.78. The molecule has 20 heavy (non-hydrogen) atoms. The van der Waals surface area contributed by atoms with Crippen molar-refractivity contribution in [1.82, 2.24) is 0 Å². The standard InChI is InChI=1S/C15H26O5/c1-4-6-8-10-13(17)19-15(12(3)16)20-14(18)11-9-7-5-2/h15H,4-11H2,1-3H3. The van der Waals surface area contributed by atoms with E-state index in [1.54, 1.807) is 0 Å². The predicted octanol–water partition coefficient (Wildman–Crippen LogP) is 3.15. The third-order valence-electron chi connectivity index (χ3n) is 2.78. The van der Waals surface area contributed by atoms with Gasteiger partial charge in [0, 0.05) is 19.8 Å². The minimum atomic E-state index is -1.39. The number of unbranched alkanes of at least 4 members (excludes halogenated alkanes) is 4. The van der Waals surface area contributed by atoms with Crippen molar-refractivity contribution in [1.29, 1.82) is 0 Å². The molecule has 0 bridgehead atoms. The number of ketones is 1. The Morgan fingerprint density at radius 3 is 1.50 bits per heavy atom. The molecule has 0 heterocycles. The van der Waals surface area contributed by atoms with Crippen LogP contribution in [0.1, 0.15) is 72.1 Å². The molecular weight excluding hydrogens is 260 g/mol. The number of Topliss-reactive ketones (excluding diaryl/α,β-unsaturated/α-hetero) is 1. The molecule has 0 rings (SSSR count). The second kappa shape index (κ2) is 11.4. The predicted molar refractivity (Wildman–Crippen MR) is 74.9 cm³/mol. The molecule has 5 heteroatoms. The van der Waals surface area contributed by atoms with Gasteiger partial charge in [0.05, 0.1) is 0 Å². The van der Waals surface area contributed by atoms with Crippen LogP contribution in [-0.2, 0) is 23.9 Å². The minimum Gasteiger partial charge on any atom is -0.417 e. The van der Waals surface area contributed by atoms with E-state index in [1.807, 2.05) is 13.8 Å². The van der Waals surface area contributed by atoms with E-state index in [4.69, 9.17) is 9.47 Å². The van der Waals surface area contributed by atoms with Crippen molar-refractivity contribution >= 4 is 17.7 Å². The summed E-state index contributed by atoms with van der Waals surface area (Å²) in [5.74, 6) is -1.47. The summed E-state index contributed by atoms with van der Waals surface area (Å²) in [6.45, 7) is 5.30. The van der Waals surface area contributed by atoms with Gasteiger partial charge in [0.2, 0.25) is 5.78 Å². The van der Waals surface area contributed by atoms with Gasteiger partial charge in [-0.2, -0.15) is 0 Å². The largest absolute Gasteiger partial charge is 0.417 e. The third kappa shape index (κ3) is 9.53. The number of rotatable bonds is 11. The smallest absolute Gasteiger partial charge is 0.309 e. The number of carbonyl (C=O) groups excluding carboxylic acids is 3. The molecule has 0 N–H and O–H groups in total. The maximum absolute atomic E-state index is 11.5. The molecule has 0 aliphatic heterocycles. The molecule has 116 valence electrons. The second-order valence-corrected chi connectivity index (χ2v) is 4.84. The van der Waals surface area contributed by atoms with Gasteiger partial charge < -0.3 is 9.47 Å². The summed E-state index contributed by atoms with van der Waals surface area (Å²) >= 11 is 0. The van der Waals surface area contributed by atoms with Crippen molar-refractivity contribution < 1.29 is 23.9 Å². The average molecular weight is 286 g/mol. The van der Waals surface area contributed by atoms with E-state index in [2.05, 4.69) is 0 Å². The highest BCUT2D eigenvalue weighted by Crippen LogP contribution is 2.07. The first-order chi connectivity index (χ1) is 9.51. The zero-order valence-electron chi connectivity index (χ0n) is 12.8. The van der Waals surface area contributed by atoms with Gasteiger partial charge in [0.25, 0.3) is 0 Å². The van der Waals surface area contributed by atoms with Gasteiger partial charge in [0.15, 0.2) is 0 Å². The van der Waals surface area contributed by atoms with E-state index in [1.165, 1.54) is 6.92 Å². The lowest BCUT2D eigenvalue weighted by molar-refractivity contribution is -0.191. The minimum absolute atomic E-state index is 0.241. The molecule has 0 spiro atoms. The zero-order valence-corrected chi connectivity index (χ0v) is 12.8. The number of carbonyl (C=O) groups is 3. The van der Waals surface area contributed by atoms with Gasteiger partial charge in [-0.3, -0.25) is 14.4 Å². The number of esters is 2. The van der Waals surface area contributed by atoms with Gasteiger partial charge in [0.1, 0.15) is 0 Å². The van der Waals surface area contributed by atoms with Crippen LogP contribution in [0.3, 0.4) is 0 Å². The molecule has 0 aromatic heterocycles. The van der Waals surface area contributed by atoms with Crippen LogP contribution in [0.15, 0.2) is 0 Å². The summed E-state index contributed by atoms with van der Waals surface area (Å²) in [6, 6.07) is 0. The lowest BCUT2D eigenvalue weighted by Crippen LogP contribution is -2.30. The van der Waals surface area contributed by atoms with E-state index in [0.29, 0.717) is 12.8 Å². The molecule has 0 aromatic rings. The lowest BCUT2D eigenvalue weighted by Gasteiger charge is -2.15. The molecule has 0 saturated heterocycles. The van der Waals surface area contributed by atoms with Crippen molar-refractivity contribution in [3.8, 4) is 0 Å². The van der Waals surface area contributed by atoms with Gasteiger partial charge in [-0.25, -0.2) is 0 Å². The van der Waals surface area contributed by atoms with Crippen molar-refractivity contribution in [3.05, 3.63) is 0 Å². The Kier molecular flexibility index (Phi) is 10.6. The normalized spacial score (nSPS) is 10.4. The van der Waals surface area contributed by atoms with Crippen LogP contribution in [-0.4, -0.2) is 24.0 Å². The number of hydrogen-bond acceptors (Lipinski definition) is 5. The maximum atomic E-state index is 11.5. The Labute approximate surface area is 121 Å². The SMILES string of the molecule is CCCCCC(=O)OC(OC(=O)CCCCC)C(C)=O. The van der Waals surface area contributed by atoms with E-state index in [9.17, 15) is 14.4 Å². The number of hydrogen-bond donors (Lipinski definition) is 0. The van der Waals surface area contributed by atoms with Crippen LogP contribution >= 0.6 is 0 Å². The fourth-order valence-corrected chi connectivity index (χ4v) is 1.59. The van der Waals surface area contributed by atoms with Gasteiger partial charge >= 0.3 is 18.2 Å². The molecule has 0 aliphatic carbocycles. The van der Waals surface area contributed by atoms with Crippen LogP contribution in [0.4, 0.5) is 0 Å². The Morgan fingerprint density at radius 1 is 0.800 bits per heavy atom. The molecule has 0 amide bonds. The summed E-state index contributed by atoms with van der Waals surface area (Å²) in [4.78, 5) is 34.3. The second-order valence-electron chi connectivity index (χ2n) is 4.84. The van der Waals surface area contributed by atoms with Gasteiger partial charge in [-0.15, -0.1) is 0 Å². The highest BCUT2D eigenvalue weighted by molar-refractivity contribution is 5.84. The summed E-state index contributed by atoms with van der Waals surface area (Å²) in [7, 11) is 0. The van der Waals surface area contributed by atoms with Crippen molar-refractivity contribution in [3.63, 3.8) is 0 Å². The Morgan fingerprint density at radius 2 is 1.20 bits per heavy atom. The van der Waals surface area contributed by atoms with Crippen molar-refractivity contribution in [2.75, 3.05) is 0 Å². The highest BCUT2D eigenvalue weighted by Gasteiger charge is 2.23. The Bertz CT molecular complexity index is 287. The topological polar surface area (TPSA) is 69.7 Å². The highest BCUT2D eigenvalue weighted by atomic mass is 16.7. The average Bonchev–Trinajstić information content (AvgIpc) is 2.38. The van der Waals surface area contributed by atoms with Crippen molar-refractivity contribution in [2.24, 2.45) is 0 Å². The first-order valence-corrected chi connectivity index (χ1v) is 7.40. The van der Waals surface area contributed by atoms with E-state index >= 15 is 0 Å². The maximum Gasteiger partial charge on any atom is 0.309 e. The van der Waals surface area contributed by atoms with Gasteiger partial charge in [-0.05, 0) is 12.8 Å². The summed E-state index contributed by atoms with van der Waals surface area (Å²) < 4.78 is 9.81. The molecule has 0 unspecified atom stereocenters. The van der Waals surface area contributed by atoms with Crippen LogP contribution in [0.2, 0.25) is 0 Å². The zero-order chi connectivity index (χ0) is 15.4. The molecule has 0 atom stereocenters. The fraction of sp³-hybridized carbons (Fsp3) is 0.800. The van der Waals surface area contributed by atoms with E-state index in [-0.39, 0.29) is 12.8 Å². The fourth-order valence-electron chi connectivity index (χ4n) is 1.59. The van der Waals surface area contributed by atoms with E-state index in [0.717, 1.165) is 25.7 Å². The molecule has 5 nitrogen and oxygen atoms in total. The molecule has 0 radical (unpaired) electrons. The molecule has 0 saturated carbocycles. The van der Waals surface area contributed by atoms with Gasteiger partial charge in [-0.1, -0.05) is 39.5 Å². The van der Waals surface area contributed by atoms with Crippen LogP contribution in [0.5, 0.6) is 0 Å². The Balaban J connectivity index is 4.12. The van der Waals surface area contributed by atoms with E-state index < -0.39 is 24.0 Å². The molecule has 0 aromatic carbocycles. The summed E-state index contributed by atoms with van der Waals surface area (Å²) in [5, 5.41) is 0. The molecule has 0 fully saturated rings. The lowest BCUT2D eigenvalue weighted by atomic mass is 10.2. The Hall–Kier alpha value is -1.39. The quantitative estimate of drug-likeness (QED) is 0.331. The summed E-state index contributed by atoms with van der Waals surface area (Å²) in [5.41, 5.74) is 0. The van der Waals surface area contributed by atoms with Crippen LogP contribution < -0.4 is 0 Å². The number of ether oxygens (including phenoxy) is 2.